The molecule has 2 unspecified atom stereocenters. The molecule has 1 aromatic carbocycles. The van der Waals surface area contributed by atoms with E-state index < -0.39 is 0 Å². The number of hydrogen-bond acceptors (Lipinski definition) is 3. The van der Waals surface area contributed by atoms with Crippen molar-refractivity contribution in [2.24, 2.45) is 17.6 Å². The Bertz CT molecular complexity index is 516. The molecule has 0 spiro atoms. The van der Waals surface area contributed by atoms with Crippen molar-refractivity contribution in [2.45, 2.75) is 32.6 Å². The molecule has 21 heavy (non-hydrogen) atoms. The molecule has 5 nitrogen and oxygen atoms in total. The number of anilines is 2. The molecule has 1 saturated carbocycles. The molecule has 5 heteroatoms. The van der Waals surface area contributed by atoms with Gasteiger partial charge in [0.25, 0.3) is 0 Å². The molecule has 1 aromatic rings. The van der Waals surface area contributed by atoms with Gasteiger partial charge in [-0.05, 0) is 43.5 Å². The maximum atomic E-state index is 12.4. The van der Waals surface area contributed by atoms with Crippen LogP contribution in [0.15, 0.2) is 24.3 Å². The summed E-state index contributed by atoms with van der Waals surface area (Å²) in [6.45, 7) is 2.02. The number of benzene rings is 1. The summed E-state index contributed by atoms with van der Waals surface area (Å²) in [6, 6.07) is 7.19. The van der Waals surface area contributed by atoms with Gasteiger partial charge in [-0.25, -0.2) is 0 Å². The van der Waals surface area contributed by atoms with Crippen LogP contribution in [0.4, 0.5) is 11.4 Å². The SMILES string of the molecule is CC(=O)Nc1cccc(NC(=O)C2CCCCC2CN)c1. The van der Waals surface area contributed by atoms with Crippen molar-refractivity contribution in [2.75, 3.05) is 17.2 Å². The van der Waals surface area contributed by atoms with Crippen molar-refractivity contribution in [3.05, 3.63) is 24.3 Å². The smallest absolute Gasteiger partial charge is 0.227 e. The standard InChI is InChI=1S/C16H23N3O2/c1-11(20)18-13-6-4-7-14(9-13)19-16(21)15-8-3-2-5-12(15)10-17/h4,6-7,9,12,15H,2-3,5,8,10,17H2,1H3,(H,18,20)(H,19,21). The van der Waals surface area contributed by atoms with Crippen LogP contribution in [0.1, 0.15) is 32.6 Å². The summed E-state index contributed by atoms with van der Waals surface area (Å²) in [5.41, 5.74) is 7.16. The Morgan fingerprint density at radius 3 is 2.52 bits per heavy atom. The fourth-order valence-electron chi connectivity index (χ4n) is 2.95. The van der Waals surface area contributed by atoms with Crippen LogP contribution in [0.2, 0.25) is 0 Å². The lowest BCUT2D eigenvalue weighted by Gasteiger charge is -2.29. The van der Waals surface area contributed by atoms with Crippen LogP contribution in [0.3, 0.4) is 0 Å². The van der Waals surface area contributed by atoms with Gasteiger partial charge in [0, 0.05) is 24.2 Å². The van der Waals surface area contributed by atoms with Crippen LogP contribution < -0.4 is 16.4 Å². The Kier molecular flexibility index (Phi) is 5.33. The van der Waals surface area contributed by atoms with Crippen LogP contribution in [-0.4, -0.2) is 18.4 Å². The first-order chi connectivity index (χ1) is 10.1. The largest absolute Gasteiger partial charge is 0.330 e. The minimum atomic E-state index is -0.131. The summed E-state index contributed by atoms with van der Waals surface area (Å²) in [5.74, 6) is 0.171. The Balaban J connectivity index is 2.03. The zero-order valence-corrected chi connectivity index (χ0v) is 12.4. The zero-order valence-electron chi connectivity index (χ0n) is 12.4. The molecule has 2 atom stereocenters. The normalized spacial score (nSPS) is 21.6. The molecular formula is C16H23N3O2. The minimum absolute atomic E-state index is 0.00632. The second-order valence-corrected chi connectivity index (χ2v) is 5.64. The Morgan fingerprint density at radius 1 is 1.19 bits per heavy atom. The molecule has 0 bridgehead atoms. The van der Waals surface area contributed by atoms with E-state index in [1.54, 1.807) is 12.1 Å². The number of amides is 2. The summed E-state index contributed by atoms with van der Waals surface area (Å²) in [5, 5.41) is 5.65. The quantitative estimate of drug-likeness (QED) is 0.795. The van der Waals surface area contributed by atoms with Crippen LogP contribution >= 0.6 is 0 Å². The second kappa shape index (κ2) is 7.22. The number of hydrogen-bond donors (Lipinski definition) is 3. The Labute approximate surface area is 125 Å². The van der Waals surface area contributed by atoms with Crippen molar-refractivity contribution < 1.29 is 9.59 Å². The highest BCUT2D eigenvalue weighted by Crippen LogP contribution is 2.30. The summed E-state index contributed by atoms with van der Waals surface area (Å²) in [4.78, 5) is 23.5. The summed E-state index contributed by atoms with van der Waals surface area (Å²) in [6.07, 6.45) is 4.17. The van der Waals surface area contributed by atoms with Gasteiger partial charge in [-0.3, -0.25) is 9.59 Å². The molecule has 1 aliphatic carbocycles. The average Bonchev–Trinajstić information content (AvgIpc) is 2.46. The molecule has 0 aromatic heterocycles. The lowest BCUT2D eigenvalue weighted by Crippen LogP contribution is -2.35. The molecular weight excluding hydrogens is 266 g/mol. The third kappa shape index (κ3) is 4.29. The lowest BCUT2D eigenvalue weighted by molar-refractivity contribution is -0.122. The first kappa shape index (κ1) is 15.5. The van der Waals surface area contributed by atoms with E-state index in [4.69, 9.17) is 5.73 Å². The van der Waals surface area contributed by atoms with Crippen molar-refractivity contribution in [1.29, 1.82) is 0 Å². The van der Waals surface area contributed by atoms with Crippen molar-refractivity contribution in [1.82, 2.24) is 0 Å². The second-order valence-electron chi connectivity index (χ2n) is 5.64. The Morgan fingerprint density at radius 2 is 1.86 bits per heavy atom. The molecule has 0 saturated heterocycles. The topological polar surface area (TPSA) is 84.2 Å². The number of carbonyl (C=O) groups excluding carboxylic acids is 2. The number of rotatable bonds is 4. The molecule has 1 fully saturated rings. The van der Waals surface area contributed by atoms with Crippen molar-refractivity contribution in [3.8, 4) is 0 Å². The van der Waals surface area contributed by atoms with Gasteiger partial charge in [-0.2, -0.15) is 0 Å². The summed E-state index contributed by atoms with van der Waals surface area (Å²) >= 11 is 0. The number of nitrogens with two attached hydrogens (primary N) is 1. The highest BCUT2D eigenvalue weighted by molar-refractivity contribution is 5.94. The average molecular weight is 289 g/mol. The Hall–Kier alpha value is -1.88. The van der Waals surface area contributed by atoms with Gasteiger partial charge >= 0.3 is 0 Å². The molecule has 0 radical (unpaired) electrons. The van der Waals surface area contributed by atoms with E-state index in [9.17, 15) is 9.59 Å². The van der Waals surface area contributed by atoms with Crippen molar-refractivity contribution in [3.63, 3.8) is 0 Å². The molecule has 4 N–H and O–H groups in total. The van der Waals surface area contributed by atoms with Crippen LogP contribution in [0, 0.1) is 11.8 Å². The summed E-state index contributed by atoms with van der Waals surface area (Å²) < 4.78 is 0. The fourth-order valence-corrected chi connectivity index (χ4v) is 2.95. The highest BCUT2D eigenvalue weighted by atomic mass is 16.2. The maximum absolute atomic E-state index is 12.4. The van der Waals surface area contributed by atoms with E-state index in [-0.39, 0.29) is 23.7 Å². The molecule has 0 heterocycles. The zero-order chi connectivity index (χ0) is 15.2. The number of carbonyl (C=O) groups is 2. The van der Waals surface area contributed by atoms with E-state index in [0.717, 1.165) is 25.7 Å². The predicted octanol–water partition coefficient (Wildman–Crippen LogP) is 2.35. The fraction of sp³-hybridized carbons (Fsp3) is 0.500. The first-order valence-electron chi connectivity index (χ1n) is 7.48. The highest BCUT2D eigenvalue weighted by Gasteiger charge is 2.29. The predicted molar refractivity (Wildman–Crippen MR) is 83.9 cm³/mol. The van der Waals surface area contributed by atoms with Gasteiger partial charge in [-0.1, -0.05) is 18.9 Å². The summed E-state index contributed by atoms with van der Waals surface area (Å²) in [7, 11) is 0. The monoisotopic (exact) mass is 289 g/mol. The molecule has 2 rings (SSSR count). The van der Waals surface area contributed by atoms with E-state index in [1.165, 1.54) is 6.92 Å². The maximum Gasteiger partial charge on any atom is 0.227 e. The van der Waals surface area contributed by atoms with E-state index in [0.29, 0.717) is 17.9 Å². The lowest BCUT2D eigenvalue weighted by atomic mass is 9.78. The van der Waals surface area contributed by atoms with Gasteiger partial charge in [0.05, 0.1) is 0 Å². The molecule has 1 aliphatic rings. The van der Waals surface area contributed by atoms with E-state index >= 15 is 0 Å². The molecule has 0 aliphatic heterocycles. The minimum Gasteiger partial charge on any atom is -0.330 e. The van der Waals surface area contributed by atoms with E-state index in [2.05, 4.69) is 10.6 Å². The molecule has 114 valence electrons. The van der Waals surface area contributed by atoms with Gasteiger partial charge in [0.15, 0.2) is 0 Å². The third-order valence-electron chi connectivity index (χ3n) is 4.00. The van der Waals surface area contributed by atoms with E-state index in [1.807, 2.05) is 12.1 Å². The third-order valence-corrected chi connectivity index (χ3v) is 4.00. The van der Waals surface area contributed by atoms with Gasteiger partial charge in [0.1, 0.15) is 0 Å². The number of nitrogens with one attached hydrogen (secondary N) is 2. The van der Waals surface area contributed by atoms with Crippen LogP contribution in [0.25, 0.3) is 0 Å². The van der Waals surface area contributed by atoms with Crippen LogP contribution in [0.5, 0.6) is 0 Å². The van der Waals surface area contributed by atoms with Gasteiger partial charge in [-0.15, -0.1) is 0 Å². The first-order valence-corrected chi connectivity index (χ1v) is 7.48. The van der Waals surface area contributed by atoms with Gasteiger partial charge in [0.2, 0.25) is 11.8 Å². The van der Waals surface area contributed by atoms with Crippen LogP contribution in [-0.2, 0) is 9.59 Å². The molecule has 2 amide bonds. The van der Waals surface area contributed by atoms with Crippen molar-refractivity contribution >= 4 is 23.2 Å². The van der Waals surface area contributed by atoms with Gasteiger partial charge < -0.3 is 16.4 Å².